The summed E-state index contributed by atoms with van der Waals surface area (Å²) < 4.78 is 13.6. The number of aromatic nitrogens is 1. The molecule has 1 aromatic heterocycles. The van der Waals surface area contributed by atoms with E-state index in [9.17, 15) is 9.18 Å². The van der Waals surface area contributed by atoms with Crippen molar-refractivity contribution in [1.29, 1.82) is 0 Å². The Morgan fingerprint density at radius 1 is 1.53 bits per heavy atom. The van der Waals surface area contributed by atoms with Gasteiger partial charge in [-0.3, -0.25) is 9.78 Å². The quantitative estimate of drug-likeness (QED) is 0.823. The molecule has 0 saturated carbocycles. The molecule has 19 heavy (non-hydrogen) atoms. The Labute approximate surface area is 112 Å². The first kappa shape index (κ1) is 13.2. The number of aliphatic hydroxyl groups excluding tert-OH is 1. The number of rotatable bonds is 2. The van der Waals surface area contributed by atoms with E-state index in [1.807, 2.05) is 0 Å². The van der Waals surface area contributed by atoms with Crippen molar-refractivity contribution in [2.24, 2.45) is 0 Å². The third-order valence-electron chi connectivity index (χ3n) is 2.19. The minimum Gasteiger partial charge on any atom is -0.384 e. The number of benzene rings is 1. The molecular weight excluding hydrogens is 267 g/mol. The average Bonchev–Trinajstić information content (AvgIpc) is 2.92. The van der Waals surface area contributed by atoms with Crippen LogP contribution in [0.5, 0.6) is 0 Å². The zero-order chi connectivity index (χ0) is 13.7. The number of thiazole rings is 1. The van der Waals surface area contributed by atoms with E-state index >= 15 is 0 Å². The molecule has 96 valence electrons. The highest BCUT2D eigenvalue weighted by molar-refractivity contribution is 7.11. The number of halogens is 1. The Morgan fingerprint density at radius 3 is 3.00 bits per heavy atom. The molecule has 1 amide bonds. The molecule has 1 heterocycles. The summed E-state index contributed by atoms with van der Waals surface area (Å²) in [5.41, 5.74) is 2.05. The number of amides is 1. The van der Waals surface area contributed by atoms with Gasteiger partial charge in [-0.05, 0) is 18.2 Å². The van der Waals surface area contributed by atoms with Gasteiger partial charge in [0.1, 0.15) is 17.3 Å². The number of hydrogen-bond donors (Lipinski definition) is 2. The molecule has 2 N–H and O–H groups in total. The van der Waals surface area contributed by atoms with Crippen LogP contribution in [0.2, 0.25) is 0 Å². The summed E-state index contributed by atoms with van der Waals surface area (Å²) in [4.78, 5) is 16.0. The first-order valence-corrected chi connectivity index (χ1v) is 6.18. The third kappa shape index (κ3) is 3.37. The fourth-order valence-corrected chi connectivity index (χ4v) is 1.86. The van der Waals surface area contributed by atoms with Gasteiger partial charge in [-0.2, -0.15) is 0 Å². The van der Waals surface area contributed by atoms with Gasteiger partial charge in [0.2, 0.25) is 0 Å². The fraction of sp³-hybridized carbons (Fsp3) is 0.0769. The molecule has 0 aliphatic heterocycles. The molecule has 0 bridgehead atoms. The number of carbonyl (C=O) groups is 1. The molecule has 0 aliphatic carbocycles. The third-order valence-corrected chi connectivity index (χ3v) is 2.96. The molecule has 0 aliphatic rings. The Bertz CT molecular complexity index is 644. The zero-order valence-electron chi connectivity index (χ0n) is 9.68. The largest absolute Gasteiger partial charge is 0.384 e. The number of nitrogens with zero attached hydrogens (tertiary/aromatic N) is 1. The summed E-state index contributed by atoms with van der Waals surface area (Å²) >= 11 is 1.20. The highest BCUT2D eigenvalue weighted by atomic mass is 32.1. The van der Waals surface area contributed by atoms with Crippen molar-refractivity contribution in [2.75, 3.05) is 11.9 Å². The lowest BCUT2D eigenvalue weighted by molar-refractivity contribution is 0.103. The second-order valence-electron chi connectivity index (χ2n) is 3.47. The molecule has 0 atom stereocenters. The summed E-state index contributed by atoms with van der Waals surface area (Å²) in [6.45, 7) is -0.330. The highest BCUT2D eigenvalue weighted by Gasteiger charge is 2.09. The van der Waals surface area contributed by atoms with Gasteiger partial charge in [-0.25, -0.2) is 4.39 Å². The summed E-state index contributed by atoms with van der Waals surface area (Å²) in [5.74, 6) is 3.94. The van der Waals surface area contributed by atoms with Crippen molar-refractivity contribution in [3.8, 4) is 11.8 Å². The van der Waals surface area contributed by atoms with Crippen LogP contribution in [0.4, 0.5) is 10.1 Å². The Kier molecular flexibility index (Phi) is 4.23. The van der Waals surface area contributed by atoms with Crippen LogP contribution in [0.15, 0.2) is 29.9 Å². The predicted molar refractivity (Wildman–Crippen MR) is 70.4 cm³/mol. The second kappa shape index (κ2) is 6.09. The van der Waals surface area contributed by atoms with E-state index in [0.29, 0.717) is 10.6 Å². The summed E-state index contributed by atoms with van der Waals surface area (Å²) in [6, 6.07) is 4.17. The van der Waals surface area contributed by atoms with Crippen LogP contribution in [0, 0.1) is 17.7 Å². The predicted octanol–water partition coefficient (Wildman–Crippen LogP) is 1.88. The van der Waals surface area contributed by atoms with E-state index in [0.717, 1.165) is 0 Å². The molecule has 0 fully saturated rings. The molecule has 0 radical (unpaired) electrons. The molecule has 4 nitrogen and oxygen atoms in total. The summed E-state index contributed by atoms with van der Waals surface area (Å²) in [6.07, 6.45) is 1.44. The lowest BCUT2D eigenvalue weighted by Gasteiger charge is -2.04. The van der Waals surface area contributed by atoms with Crippen LogP contribution < -0.4 is 5.32 Å². The topological polar surface area (TPSA) is 62.2 Å². The van der Waals surface area contributed by atoms with Gasteiger partial charge in [0, 0.05) is 5.69 Å². The number of anilines is 1. The summed E-state index contributed by atoms with van der Waals surface area (Å²) in [7, 11) is 0. The van der Waals surface area contributed by atoms with Gasteiger partial charge < -0.3 is 10.4 Å². The van der Waals surface area contributed by atoms with Crippen LogP contribution in [-0.2, 0) is 0 Å². The van der Waals surface area contributed by atoms with E-state index in [4.69, 9.17) is 5.11 Å². The number of aliphatic hydroxyl groups is 1. The molecule has 0 unspecified atom stereocenters. The van der Waals surface area contributed by atoms with Gasteiger partial charge in [0.25, 0.3) is 5.91 Å². The van der Waals surface area contributed by atoms with Gasteiger partial charge in [-0.1, -0.05) is 11.8 Å². The van der Waals surface area contributed by atoms with Crippen molar-refractivity contribution in [3.05, 3.63) is 46.2 Å². The highest BCUT2D eigenvalue weighted by Crippen LogP contribution is 2.16. The van der Waals surface area contributed by atoms with E-state index in [1.54, 1.807) is 11.6 Å². The van der Waals surface area contributed by atoms with Crippen LogP contribution in [-0.4, -0.2) is 22.6 Å². The maximum absolute atomic E-state index is 13.6. The van der Waals surface area contributed by atoms with Crippen molar-refractivity contribution in [3.63, 3.8) is 0 Å². The van der Waals surface area contributed by atoms with E-state index in [1.165, 1.54) is 29.7 Å². The van der Waals surface area contributed by atoms with E-state index in [2.05, 4.69) is 22.1 Å². The Hall–Kier alpha value is -2.23. The van der Waals surface area contributed by atoms with Crippen LogP contribution in [0.25, 0.3) is 0 Å². The molecule has 0 saturated heterocycles. The first-order valence-electron chi connectivity index (χ1n) is 5.30. The number of hydrogen-bond acceptors (Lipinski definition) is 4. The average molecular weight is 276 g/mol. The van der Waals surface area contributed by atoms with Gasteiger partial charge in [0.15, 0.2) is 0 Å². The van der Waals surface area contributed by atoms with Gasteiger partial charge in [-0.15, -0.1) is 11.3 Å². The zero-order valence-corrected chi connectivity index (χ0v) is 10.5. The first-order chi connectivity index (χ1) is 9.20. The molecule has 2 aromatic rings. The lowest BCUT2D eigenvalue weighted by Crippen LogP contribution is -2.10. The maximum atomic E-state index is 13.6. The van der Waals surface area contributed by atoms with Crippen molar-refractivity contribution in [2.45, 2.75) is 0 Å². The summed E-state index contributed by atoms with van der Waals surface area (Å²) in [5, 5.41) is 11.1. The van der Waals surface area contributed by atoms with E-state index in [-0.39, 0.29) is 18.1 Å². The standard InChI is InChI=1S/C13H9FN2O2S/c14-11-6-10(4-3-9(11)2-1-5-17)16-13(18)12-7-15-8-19-12/h3-4,6-8,17H,5H2,(H,16,18). The molecule has 6 heteroatoms. The molecule has 2 rings (SSSR count). The minimum atomic E-state index is -0.553. The van der Waals surface area contributed by atoms with Crippen LogP contribution in [0.1, 0.15) is 15.2 Å². The maximum Gasteiger partial charge on any atom is 0.267 e. The minimum absolute atomic E-state index is 0.171. The smallest absolute Gasteiger partial charge is 0.267 e. The van der Waals surface area contributed by atoms with Gasteiger partial charge in [0.05, 0.1) is 17.3 Å². The molecule has 0 spiro atoms. The SMILES string of the molecule is O=C(Nc1ccc(C#CCO)c(F)c1)c1cncs1. The second-order valence-corrected chi connectivity index (χ2v) is 4.36. The van der Waals surface area contributed by atoms with Crippen molar-refractivity contribution >= 4 is 22.9 Å². The van der Waals surface area contributed by atoms with Crippen LogP contribution in [0.3, 0.4) is 0 Å². The Balaban J connectivity index is 2.14. The Morgan fingerprint density at radius 2 is 2.37 bits per heavy atom. The normalized spacial score (nSPS) is 9.58. The lowest BCUT2D eigenvalue weighted by atomic mass is 10.2. The van der Waals surface area contributed by atoms with E-state index < -0.39 is 5.82 Å². The van der Waals surface area contributed by atoms with Gasteiger partial charge >= 0.3 is 0 Å². The van der Waals surface area contributed by atoms with Crippen molar-refractivity contribution in [1.82, 2.24) is 4.98 Å². The fourth-order valence-electron chi connectivity index (χ4n) is 1.35. The van der Waals surface area contributed by atoms with Crippen molar-refractivity contribution < 1.29 is 14.3 Å². The monoisotopic (exact) mass is 276 g/mol. The molecule has 1 aromatic carbocycles. The van der Waals surface area contributed by atoms with Crippen LogP contribution >= 0.6 is 11.3 Å². The number of nitrogens with one attached hydrogen (secondary N) is 1. The number of carbonyl (C=O) groups excluding carboxylic acids is 1. The molecular formula is C13H9FN2O2S.